The van der Waals surface area contributed by atoms with E-state index in [1.807, 2.05) is 12.1 Å². The molecule has 0 spiro atoms. The van der Waals surface area contributed by atoms with Gasteiger partial charge < -0.3 is 14.5 Å². The van der Waals surface area contributed by atoms with Crippen molar-refractivity contribution in [3.05, 3.63) is 23.7 Å². The minimum atomic E-state index is -0.854. The van der Waals surface area contributed by atoms with Gasteiger partial charge in [0, 0.05) is 36.3 Å². The topological polar surface area (TPSA) is 51.5 Å². The second-order valence-electron chi connectivity index (χ2n) is 4.66. The summed E-state index contributed by atoms with van der Waals surface area (Å²) >= 11 is 0. The largest absolute Gasteiger partial charge is 0.464 e. The van der Waals surface area contributed by atoms with E-state index in [-0.39, 0.29) is 0 Å². The first-order chi connectivity index (χ1) is 8.78. The first-order valence-electron chi connectivity index (χ1n) is 6.43. The SMILES string of the molecule is COCCCS(=O)Cc1ccc(CNC2CC2)o1. The van der Waals surface area contributed by atoms with E-state index in [2.05, 4.69) is 5.32 Å². The molecule has 1 aromatic heterocycles. The average Bonchev–Trinajstić information content (AvgIpc) is 3.08. The van der Waals surface area contributed by atoms with Crippen LogP contribution in [-0.4, -0.2) is 29.7 Å². The fraction of sp³-hybridized carbons (Fsp3) is 0.692. The third kappa shape index (κ3) is 4.92. The fourth-order valence-corrected chi connectivity index (χ4v) is 2.78. The van der Waals surface area contributed by atoms with Gasteiger partial charge in [0.05, 0.1) is 12.3 Å². The summed E-state index contributed by atoms with van der Waals surface area (Å²) in [5.41, 5.74) is 0. The lowest BCUT2D eigenvalue weighted by Gasteiger charge is -2.01. The van der Waals surface area contributed by atoms with E-state index in [9.17, 15) is 4.21 Å². The van der Waals surface area contributed by atoms with Gasteiger partial charge in [0.1, 0.15) is 11.5 Å². The zero-order valence-corrected chi connectivity index (χ0v) is 11.6. The maximum Gasteiger partial charge on any atom is 0.118 e. The van der Waals surface area contributed by atoms with Gasteiger partial charge in [-0.05, 0) is 31.4 Å². The van der Waals surface area contributed by atoms with Crippen LogP contribution in [0.3, 0.4) is 0 Å². The highest BCUT2D eigenvalue weighted by atomic mass is 32.2. The standard InChI is InChI=1S/C13H21NO3S/c1-16-7-2-8-18(15)10-13-6-5-12(17-13)9-14-11-3-4-11/h5-6,11,14H,2-4,7-10H2,1H3. The fourth-order valence-electron chi connectivity index (χ4n) is 1.72. The first-order valence-corrected chi connectivity index (χ1v) is 7.91. The summed E-state index contributed by atoms with van der Waals surface area (Å²) in [5, 5.41) is 3.40. The third-order valence-corrected chi connectivity index (χ3v) is 4.23. The van der Waals surface area contributed by atoms with Crippen LogP contribution in [0.1, 0.15) is 30.8 Å². The molecule has 0 amide bonds. The molecule has 1 N–H and O–H groups in total. The number of furan rings is 1. The second-order valence-corrected chi connectivity index (χ2v) is 6.23. The molecule has 1 fully saturated rings. The lowest BCUT2D eigenvalue weighted by molar-refractivity contribution is 0.200. The molecule has 1 unspecified atom stereocenters. The summed E-state index contributed by atoms with van der Waals surface area (Å²) < 4.78 is 22.3. The van der Waals surface area contributed by atoms with Crippen LogP contribution in [-0.2, 0) is 27.8 Å². The lowest BCUT2D eigenvalue weighted by atomic mass is 10.4. The highest BCUT2D eigenvalue weighted by Gasteiger charge is 2.20. The van der Waals surface area contributed by atoms with E-state index in [0.717, 1.165) is 24.5 Å². The molecule has 0 aromatic carbocycles. The molecule has 1 heterocycles. The smallest absolute Gasteiger partial charge is 0.118 e. The van der Waals surface area contributed by atoms with Crippen LogP contribution >= 0.6 is 0 Å². The molecular weight excluding hydrogens is 250 g/mol. The molecule has 1 atom stereocenters. The molecule has 1 aromatic rings. The van der Waals surface area contributed by atoms with Crippen molar-refractivity contribution in [1.29, 1.82) is 0 Å². The predicted octanol–water partition coefficient (Wildman–Crippen LogP) is 1.82. The van der Waals surface area contributed by atoms with Gasteiger partial charge in [0.15, 0.2) is 0 Å². The zero-order valence-electron chi connectivity index (χ0n) is 10.8. The van der Waals surface area contributed by atoms with Crippen molar-refractivity contribution in [2.45, 2.75) is 37.6 Å². The van der Waals surface area contributed by atoms with E-state index < -0.39 is 10.8 Å². The Labute approximate surface area is 111 Å². The number of hydrogen-bond donors (Lipinski definition) is 1. The van der Waals surface area contributed by atoms with Crippen molar-refractivity contribution in [2.24, 2.45) is 0 Å². The minimum absolute atomic E-state index is 0.507. The minimum Gasteiger partial charge on any atom is -0.464 e. The summed E-state index contributed by atoms with van der Waals surface area (Å²) in [7, 11) is 0.808. The average molecular weight is 271 g/mol. The normalized spacial score (nSPS) is 16.9. The number of hydrogen-bond acceptors (Lipinski definition) is 4. The molecule has 5 heteroatoms. The highest BCUT2D eigenvalue weighted by molar-refractivity contribution is 7.84. The highest BCUT2D eigenvalue weighted by Crippen LogP contribution is 2.19. The molecule has 18 heavy (non-hydrogen) atoms. The van der Waals surface area contributed by atoms with E-state index in [1.54, 1.807) is 7.11 Å². The first kappa shape index (κ1) is 13.8. The van der Waals surface area contributed by atoms with Crippen LogP contribution in [0.25, 0.3) is 0 Å². The van der Waals surface area contributed by atoms with E-state index in [1.165, 1.54) is 12.8 Å². The van der Waals surface area contributed by atoms with Crippen LogP contribution in [0.4, 0.5) is 0 Å². The van der Waals surface area contributed by atoms with E-state index in [4.69, 9.17) is 9.15 Å². The van der Waals surface area contributed by atoms with Crippen molar-refractivity contribution in [3.8, 4) is 0 Å². The predicted molar refractivity (Wildman–Crippen MR) is 71.8 cm³/mol. The van der Waals surface area contributed by atoms with Crippen molar-refractivity contribution < 1.29 is 13.4 Å². The van der Waals surface area contributed by atoms with Gasteiger partial charge in [-0.1, -0.05) is 0 Å². The Bertz CT molecular complexity index is 387. The molecular formula is C13H21NO3S. The van der Waals surface area contributed by atoms with Gasteiger partial charge in [-0.2, -0.15) is 0 Å². The Balaban J connectivity index is 1.69. The van der Waals surface area contributed by atoms with Gasteiger partial charge in [-0.15, -0.1) is 0 Å². The molecule has 2 rings (SSSR count). The Hall–Kier alpha value is -0.650. The number of rotatable bonds is 9. The van der Waals surface area contributed by atoms with Gasteiger partial charge in [-0.3, -0.25) is 4.21 Å². The lowest BCUT2D eigenvalue weighted by Crippen LogP contribution is -2.14. The van der Waals surface area contributed by atoms with Gasteiger partial charge in [-0.25, -0.2) is 0 Å². The Morgan fingerprint density at radius 1 is 1.44 bits per heavy atom. The van der Waals surface area contributed by atoms with Crippen molar-refractivity contribution >= 4 is 10.8 Å². The van der Waals surface area contributed by atoms with E-state index in [0.29, 0.717) is 24.2 Å². The summed E-state index contributed by atoms with van der Waals surface area (Å²) in [5.74, 6) is 2.93. The molecule has 4 nitrogen and oxygen atoms in total. The molecule has 1 aliphatic carbocycles. The number of nitrogens with one attached hydrogen (secondary N) is 1. The van der Waals surface area contributed by atoms with Crippen LogP contribution in [0.5, 0.6) is 0 Å². The molecule has 1 saturated carbocycles. The Kier molecular flexibility index (Phi) is 5.41. The van der Waals surface area contributed by atoms with Crippen LogP contribution in [0.15, 0.2) is 16.5 Å². The van der Waals surface area contributed by atoms with Gasteiger partial charge >= 0.3 is 0 Å². The monoisotopic (exact) mass is 271 g/mol. The van der Waals surface area contributed by atoms with Crippen LogP contribution < -0.4 is 5.32 Å². The van der Waals surface area contributed by atoms with Crippen molar-refractivity contribution in [3.63, 3.8) is 0 Å². The van der Waals surface area contributed by atoms with Crippen LogP contribution in [0.2, 0.25) is 0 Å². The van der Waals surface area contributed by atoms with Gasteiger partial charge in [0.25, 0.3) is 0 Å². The Morgan fingerprint density at radius 2 is 2.22 bits per heavy atom. The summed E-state index contributed by atoms with van der Waals surface area (Å²) in [6, 6.07) is 4.58. The maximum absolute atomic E-state index is 11.8. The molecule has 102 valence electrons. The third-order valence-electron chi connectivity index (χ3n) is 2.88. The van der Waals surface area contributed by atoms with E-state index >= 15 is 0 Å². The van der Waals surface area contributed by atoms with Crippen molar-refractivity contribution in [2.75, 3.05) is 19.5 Å². The Morgan fingerprint density at radius 3 is 2.94 bits per heavy atom. The summed E-state index contributed by atoms with van der Waals surface area (Å²) in [4.78, 5) is 0. The maximum atomic E-state index is 11.8. The number of methoxy groups -OCH3 is 1. The number of ether oxygens (including phenoxy) is 1. The quantitative estimate of drug-likeness (QED) is 0.696. The molecule has 0 radical (unpaired) electrons. The van der Waals surface area contributed by atoms with Crippen LogP contribution in [0, 0.1) is 0 Å². The zero-order chi connectivity index (χ0) is 12.8. The molecule has 0 bridgehead atoms. The second kappa shape index (κ2) is 7.07. The molecule has 0 aliphatic heterocycles. The summed E-state index contributed by atoms with van der Waals surface area (Å²) in [6.45, 7) is 1.45. The van der Waals surface area contributed by atoms with Gasteiger partial charge in [0.2, 0.25) is 0 Å². The van der Waals surface area contributed by atoms with Crippen molar-refractivity contribution in [1.82, 2.24) is 5.32 Å². The summed E-state index contributed by atoms with van der Waals surface area (Å²) in [6.07, 6.45) is 3.38. The molecule has 0 saturated heterocycles. The molecule has 1 aliphatic rings.